The molecule has 20 heavy (non-hydrogen) atoms. The van der Waals surface area contributed by atoms with E-state index in [0.717, 1.165) is 0 Å². The molecule has 1 N–H and O–H groups in total. The van der Waals surface area contributed by atoms with E-state index in [-0.39, 0.29) is 5.56 Å². The Bertz CT molecular complexity index is 585. The van der Waals surface area contributed by atoms with Gasteiger partial charge in [0, 0.05) is 12.2 Å². The van der Waals surface area contributed by atoms with Crippen molar-refractivity contribution in [3.8, 4) is 5.75 Å². The molecule has 0 aliphatic heterocycles. The molecule has 7 heteroatoms. The molecule has 0 saturated heterocycles. The number of benzene rings is 1. The van der Waals surface area contributed by atoms with Gasteiger partial charge in [0.1, 0.15) is 11.3 Å². The van der Waals surface area contributed by atoms with Crippen molar-refractivity contribution >= 4 is 17.7 Å². The third-order valence-corrected chi connectivity index (χ3v) is 3.22. The molecule has 6 nitrogen and oxygen atoms in total. The molecule has 0 amide bonds. The Balaban J connectivity index is 1.83. The molecule has 1 heterocycles. The van der Waals surface area contributed by atoms with Crippen LogP contribution >= 0.6 is 11.8 Å². The number of carbonyl (C=O) groups is 1. The topological polar surface area (TPSA) is 85.5 Å². The lowest BCUT2D eigenvalue weighted by atomic mass is 10.2. The number of aromatic carboxylic acids is 1. The molecule has 0 bridgehead atoms. The van der Waals surface area contributed by atoms with E-state index in [4.69, 9.17) is 14.3 Å². The largest absolute Gasteiger partial charge is 0.492 e. The van der Waals surface area contributed by atoms with Gasteiger partial charge in [-0.15, -0.1) is 10.2 Å². The Kier molecular flexibility index (Phi) is 5.00. The van der Waals surface area contributed by atoms with Crippen LogP contribution in [0.3, 0.4) is 0 Å². The number of nitrogens with zero attached hydrogens (tertiary/aromatic N) is 2. The second-order valence-electron chi connectivity index (χ2n) is 3.81. The molecule has 0 unspecified atom stereocenters. The molecule has 0 aliphatic carbocycles. The number of ether oxygens (including phenoxy) is 1. The van der Waals surface area contributed by atoms with Gasteiger partial charge in [-0.2, -0.15) is 0 Å². The Labute approximate surface area is 120 Å². The molecule has 1 aromatic heterocycles. The van der Waals surface area contributed by atoms with Crippen LogP contribution in [-0.2, 0) is 6.42 Å². The van der Waals surface area contributed by atoms with Crippen LogP contribution in [0.5, 0.6) is 5.75 Å². The predicted molar refractivity (Wildman–Crippen MR) is 73.3 cm³/mol. The molecule has 0 aliphatic rings. The van der Waals surface area contributed by atoms with Gasteiger partial charge in [0.05, 0.1) is 6.61 Å². The van der Waals surface area contributed by atoms with Crippen LogP contribution in [0.25, 0.3) is 0 Å². The second kappa shape index (κ2) is 6.95. The minimum atomic E-state index is -1.00. The average Bonchev–Trinajstić information content (AvgIpc) is 2.92. The molecule has 0 radical (unpaired) electrons. The van der Waals surface area contributed by atoms with Gasteiger partial charge in [-0.3, -0.25) is 0 Å². The van der Waals surface area contributed by atoms with Crippen molar-refractivity contribution in [3.63, 3.8) is 0 Å². The molecule has 2 aromatic rings. The zero-order valence-electron chi connectivity index (χ0n) is 10.9. The minimum absolute atomic E-state index is 0.156. The molecule has 2 rings (SSSR count). The van der Waals surface area contributed by atoms with Crippen LogP contribution in [-0.4, -0.2) is 33.6 Å². The van der Waals surface area contributed by atoms with Gasteiger partial charge in [0.2, 0.25) is 5.89 Å². The number of rotatable bonds is 7. The van der Waals surface area contributed by atoms with Crippen molar-refractivity contribution < 1.29 is 19.1 Å². The Morgan fingerprint density at radius 2 is 2.20 bits per heavy atom. The lowest BCUT2D eigenvalue weighted by Crippen LogP contribution is -2.05. The van der Waals surface area contributed by atoms with E-state index in [1.807, 2.05) is 6.92 Å². The summed E-state index contributed by atoms with van der Waals surface area (Å²) in [5.41, 5.74) is 0.156. The Hall–Kier alpha value is -2.02. The maximum Gasteiger partial charge on any atom is 0.339 e. The van der Waals surface area contributed by atoms with Gasteiger partial charge in [0.15, 0.2) is 0 Å². The fraction of sp³-hybridized carbons (Fsp3) is 0.308. The Morgan fingerprint density at radius 3 is 2.90 bits per heavy atom. The number of aromatic nitrogens is 2. The molecule has 1 aromatic carbocycles. The molecule has 0 fully saturated rings. The summed E-state index contributed by atoms with van der Waals surface area (Å²) in [5, 5.41) is 17.2. The standard InChI is InChI=1S/C13H14N2O4S/c1-2-11-14-15-13(19-11)20-8-7-18-10-6-4-3-5-9(10)12(16)17/h3-6H,2,7-8H2,1H3,(H,16,17). The number of aryl methyl sites for hydroxylation is 1. The first-order chi connectivity index (χ1) is 9.70. The monoisotopic (exact) mass is 294 g/mol. The number of hydrogen-bond donors (Lipinski definition) is 1. The normalized spacial score (nSPS) is 10.4. The fourth-order valence-electron chi connectivity index (χ4n) is 1.49. The number of carboxylic acid groups (broad SMARTS) is 1. The Morgan fingerprint density at radius 1 is 1.40 bits per heavy atom. The van der Waals surface area contributed by atoms with E-state index < -0.39 is 5.97 Å². The molecule has 0 spiro atoms. The lowest BCUT2D eigenvalue weighted by Gasteiger charge is -2.07. The lowest BCUT2D eigenvalue weighted by molar-refractivity contribution is 0.0692. The van der Waals surface area contributed by atoms with Gasteiger partial charge in [-0.05, 0) is 12.1 Å². The van der Waals surface area contributed by atoms with Crippen LogP contribution in [0.15, 0.2) is 33.9 Å². The zero-order chi connectivity index (χ0) is 14.4. The zero-order valence-corrected chi connectivity index (χ0v) is 11.7. The molecule has 0 atom stereocenters. The van der Waals surface area contributed by atoms with Crippen LogP contribution in [0.2, 0.25) is 0 Å². The van der Waals surface area contributed by atoms with Crippen molar-refractivity contribution in [1.29, 1.82) is 0 Å². The van der Waals surface area contributed by atoms with Crippen LogP contribution in [0, 0.1) is 0 Å². The van der Waals surface area contributed by atoms with Gasteiger partial charge in [0.25, 0.3) is 5.22 Å². The molecular weight excluding hydrogens is 280 g/mol. The van der Waals surface area contributed by atoms with Crippen molar-refractivity contribution in [2.75, 3.05) is 12.4 Å². The predicted octanol–water partition coefficient (Wildman–Crippen LogP) is 2.50. The van der Waals surface area contributed by atoms with Gasteiger partial charge >= 0.3 is 5.97 Å². The highest BCUT2D eigenvalue weighted by Crippen LogP contribution is 2.20. The van der Waals surface area contributed by atoms with Gasteiger partial charge in [-0.1, -0.05) is 30.8 Å². The van der Waals surface area contributed by atoms with Crippen molar-refractivity contribution in [3.05, 3.63) is 35.7 Å². The molecule has 106 valence electrons. The number of para-hydroxylation sites is 1. The quantitative estimate of drug-likeness (QED) is 0.620. The summed E-state index contributed by atoms with van der Waals surface area (Å²) in [7, 11) is 0. The summed E-state index contributed by atoms with van der Waals surface area (Å²) in [6.45, 7) is 2.30. The van der Waals surface area contributed by atoms with Crippen LogP contribution in [0.1, 0.15) is 23.2 Å². The maximum absolute atomic E-state index is 11.0. The summed E-state index contributed by atoms with van der Waals surface area (Å²) in [6.07, 6.45) is 0.704. The fourth-order valence-corrected chi connectivity index (χ4v) is 2.08. The number of thioether (sulfide) groups is 1. The third kappa shape index (κ3) is 3.74. The van der Waals surface area contributed by atoms with Crippen LogP contribution in [0.4, 0.5) is 0 Å². The average molecular weight is 294 g/mol. The summed E-state index contributed by atoms with van der Waals surface area (Å²) < 4.78 is 10.8. The summed E-state index contributed by atoms with van der Waals surface area (Å²) in [6, 6.07) is 6.54. The highest BCUT2D eigenvalue weighted by atomic mass is 32.2. The first kappa shape index (κ1) is 14.4. The van der Waals surface area contributed by atoms with Crippen LogP contribution < -0.4 is 4.74 Å². The highest BCUT2D eigenvalue weighted by molar-refractivity contribution is 7.99. The summed E-state index contributed by atoms with van der Waals surface area (Å²) in [4.78, 5) is 11.0. The van der Waals surface area contributed by atoms with Gasteiger partial charge < -0.3 is 14.3 Å². The second-order valence-corrected chi connectivity index (χ2v) is 4.86. The maximum atomic E-state index is 11.0. The van der Waals surface area contributed by atoms with E-state index in [1.165, 1.54) is 17.8 Å². The summed E-state index contributed by atoms with van der Waals surface area (Å²) >= 11 is 1.38. The SMILES string of the molecule is CCc1nnc(SCCOc2ccccc2C(=O)O)o1. The third-order valence-electron chi connectivity index (χ3n) is 2.43. The van der Waals surface area contributed by atoms with E-state index in [1.54, 1.807) is 18.2 Å². The molecular formula is C13H14N2O4S. The first-order valence-corrected chi connectivity index (χ1v) is 7.09. The van der Waals surface area contributed by atoms with Crippen molar-refractivity contribution in [2.45, 2.75) is 18.6 Å². The van der Waals surface area contributed by atoms with E-state index in [9.17, 15) is 4.79 Å². The van der Waals surface area contributed by atoms with Crippen molar-refractivity contribution in [1.82, 2.24) is 10.2 Å². The van der Waals surface area contributed by atoms with E-state index >= 15 is 0 Å². The van der Waals surface area contributed by atoms with E-state index in [2.05, 4.69) is 10.2 Å². The summed E-state index contributed by atoms with van der Waals surface area (Å²) in [5.74, 6) is 0.557. The smallest absolute Gasteiger partial charge is 0.339 e. The number of carboxylic acids is 1. The van der Waals surface area contributed by atoms with Gasteiger partial charge in [-0.25, -0.2) is 4.79 Å². The minimum Gasteiger partial charge on any atom is -0.492 e. The van der Waals surface area contributed by atoms with E-state index in [0.29, 0.717) is 35.6 Å². The molecule has 0 saturated carbocycles. The van der Waals surface area contributed by atoms with Crippen molar-refractivity contribution in [2.24, 2.45) is 0 Å². The highest BCUT2D eigenvalue weighted by Gasteiger charge is 2.10. The first-order valence-electron chi connectivity index (χ1n) is 6.11. The number of hydrogen-bond acceptors (Lipinski definition) is 6.